The van der Waals surface area contributed by atoms with E-state index in [0.717, 1.165) is 39.7 Å². The Bertz CT molecular complexity index is 1010. The largest absolute Gasteiger partial charge is 0.459 e. The molecule has 0 spiro atoms. The van der Waals surface area contributed by atoms with E-state index in [0.29, 0.717) is 0 Å². The molecule has 24 heavy (non-hydrogen) atoms. The maximum absolute atomic E-state index is 6.49. The maximum atomic E-state index is 6.49. The number of benzene rings is 2. The van der Waals surface area contributed by atoms with E-state index >= 15 is 0 Å². The Labute approximate surface area is 144 Å². The molecular formula is C20H15ClN2O. The van der Waals surface area contributed by atoms with Crippen LogP contribution in [-0.4, -0.2) is 4.57 Å². The zero-order valence-corrected chi connectivity index (χ0v) is 13.6. The molecule has 1 atom stereocenters. The SMILES string of the molecule is Clc1cccc2c1-n1cccc1C(c1cc3ccccc3o1)NC2. The van der Waals surface area contributed by atoms with E-state index in [-0.39, 0.29) is 6.04 Å². The Balaban J connectivity index is 1.70. The van der Waals surface area contributed by atoms with Crippen LogP contribution in [0.25, 0.3) is 16.7 Å². The Kier molecular flexibility index (Phi) is 3.05. The molecule has 5 rings (SSSR count). The molecule has 0 radical (unpaired) electrons. The standard InChI is InChI=1S/C20H15ClN2O/c21-15-7-3-6-14-12-22-19(16-8-4-10-23(16)20(14)15)18-11-13-5-1-2-9-17(13)24-18/h1-11,19,22H,12H2. The van der Waals surface area contributed by atoms with Gasteiger partial charge >= 0.3 is 0 Å². The molecule has 3 heterocycles. The van der Waals surface area contributed by atoms with Gasteiger partial charge in [0.25, 0.3) is 0 Å². The molecule has 1 N–H and O–H groups in total. The molecule has 0 saturated heterocycles. The van der Waals surface area contributed by atoms with Gasteiger partial charge in [-0.05, 0) is 35.9 Å². The lowest BCUT2D eigenvalue weighted by Gasteiger charge is -2.15. The highest BCUT2D eigenvalue weighted by Crippen LogP contribution is 2.35. The predicted molar refractivity (Wildman–Crippen MR) is 95.7 cm³/mol. The quantitative estimate of drug-likeness (QED) is 0.526. The molecule has 0 saturated carbocycles. The first-order valence-corrected chi connectivity index (χ1v) is 8.36. The second-order valence-corrected chi connectivity index (χ2v) is 6.46. The predicted octanol–water partition coefficient (Wildman–Crippen LogP) is 5.07. The first kappa shape index (κ1) is 13.9. The van der Waals surface area contributed by atoms with Gasteiger partial charge in [-0.3, -0.25) is 5.32 Å². The van der Waals surface area contributed by atoms with Crippen LogP contribution in [0.5, 0.6) is 0 Å². The van der Waals surface area contributed by atoms with E-state index in [9.17, 15) is 0 Å². The third-order valence-corrected chi connectivity index (χ3v) is 4.92. The van der Waals surface area contributed by atoms with Gasteiger partial charge in [0.2, 0.25) is 0 Å². The number of rotatable bonds is 1. The second-order valence-electron chi connectivity index (χ2n) is 6.05. The molecule has 2 aromatic carbocycles. The van der Waals surface area contributed by atoms with E-state index in [1.54, 1.807) is 0 Å². The molecule has 1 aliphatic rings. The van der Waals surface area contributed by atoms with Crippen LogP contribution in [0.15, 0.2) is 71.3 Å². The fraction of sp³-hybridized carbons (Fsp3) is 0.100. The summed E-state index contributed by atoms with van der Waals surface area (Å²) >= 11 is 6.49. The summed E-state index contributed by atoms with van der Waals surface area (Å²) in [5.74, 6) is 0.917. The van der Waals surface area contributed by atoms with Gasteiger partial charge < -0.3 is 8.98 Å². The summed E-state index contributed by atoms with van der Waals surface area (Å²) in [6.45, 7) is 0.735. The van der Waals surface area contributed by atoms with Gasteiger partial charge in [-0.2, -0.15) is 0 Å². The average Bonchev–Trinajstić information content (AvgIpc) is 3.19. The van der Waals surface area contributed by atoms with Gasteiger partial charge in [0.05, 0.1) is 10.7 Å². The highest BCUT2D eigenvalue weighted by molar-refractivity contribution is 6.32. The zero-order chi connectivity index (χ0) is 16.1. The molecule has 1 unspecified atom stereocenters. The van der Waals surface area contributed by atoms with Crippen LogP contribution in [0.1, 0.15) is 23.1 Å². The summed E-state index contributed by atoms with van der Waals surface area (Å²) < 4.78 is 8.27. The lowest BCUT2D eigenvalue weighted by atomic mass is 10.1. The summed E-state index contributed by atoms with van der Waals surface area (Å²) in [4.78, 5) is 0. The first-order chi connectivity index (χ1) is 11.8. The summed E-state index contributed by atoms with van der Waals surface area (Å²) in [6, 6.07) is 20.4. The fourth-order valence-electron chi connectivity index (χ4n) is 3.51. The zero-order valence-electron chi connectivity index (χ0n) is 12.9. The molecule has 4 aromatic rings. The van der Waals surface area contributed by atoms with Crippen molar-refractivity contribution in [3.63, 3.8) is 0 Å². The molecular weight excluding hydrogens is 320 g/mol. The molecule has 1 aliphatic heterocycles. The van der Waals surface area contributed by atoms with E-state index in [2.05, 4.69) is 40.3 Å². The van der Waals surface area contributed by atoms with E-state index < -0.39 is 0 Å². The number of halogens is 1. The van der Waals surface area contributed by atoms with E-state index in [1.807, 2.05) is 36.4 Å². The van der Waals surface area contributed by atoms with Crippen molar-refractivity contribution in [3.05, 3.63) is 88.9 Å². The second kappa shape index (κ2) is 5.26. The molecule has 0 aliphatic carbocycles. The van der Waals surface area contributed by atoms with E-state index in [1.165, 1.54) is 5.56 Å². The van der Waals surface area contributed by atoms with Gasteiger partial charge in [0.15, 0.2) is 0 Å². The summed E-state index contributed by atoms with van der Waals surface area (Å²) in [5.41, 5.74) is 4.26. The summed E-state index contributed by atoms with van der Waals surface area (Å²) in [7, 11) is 0. The van der Waals surface area contributed by atoms with Crippen molar-refractivity contribution < 1.29 is 4.42 Å². The minimum atomic E-state index is -0.0177. The van der Waals surface area contributed by atoms with Crippen LogP contribution in [-0.2, 0) is 6.54 Å². The first-order valence-electron chi connectivity index (χ1n) is 7.98. The van der Waals surface area contributed by atoms with Crippen LogP contribution in [0.4, 0.5) is 0 Å². The number of para-hydroxylation sites is 2. The topological polar surface area (TPSA) is 30.1 Å². The number of nitrogens with one attached hydrogen (secondary N) is 1. The molecule has 118 valence electrons. The lowest BCUT2D eigenvalue weighted by molar-refractivity contribution is 0.465. The Morgan fingerprint density at radius 3 is 2.88 bits per heavy atom. The monoisotopic (exact) mass is 334 g/mol. The highest BCUT2D eigenvalue weighted by atomic mass is 35.5. The van der Waals surface area contributed by atoms with Crippen molar-refractivity contribution in [1.82, 2.24) is 9.88 Å². The third kappa shape index (κ3) is 2.02. The third-order valence-electron chi connectivity index (χ3n) is 4.61. The van der Waals surface area contributed by atoms with Crippen molar-refractivity contribution in [1.29, 1.82) is 0 Å². The normalized spacial score (nSPS) is 16.6. The van der Waals surface area contributed by atoms with Crippen LogP contribution in [0.2, 0.25) is 5.02 Å². The molecule has 4 heteroatoms. The van der Waals surface area contributed by atoms with Crippen LogP contribution < -0.4 is 5.32 Å². The molecule has 3 nitrogen and oxygen atoms in total. The molecule has 0 fully saturated rings. The van der Waals surface area contributed by atoms with Crippen molar-refractivity contribution in [2.75, 3.05) is 0 Å². The van der Waals surface area contributed by atoms with Gasteiger partial charge in [-0.15, -0.1) is 0 Å². The number of furan rings is 1. The highest BCUT2D eigenvalue weighted by Gasteiger charge is 2.26. The Morgan fingerprint density at radius 2 is 1.96 bits per heavy atom. The van der Waals surface area contributed by atoms with Gasteiger partial charge in [-0.1, -0.05) is 41.9 Å². The molecule has 0 bridgehead atoms. The van der Waals surface area contributed by atoms with Crippen LogP contribution in [0, 0.1) is 0 Å². The lowest BCUT2D eigenvalue weighted by Crippen LogP contribution is -2.20. The van der Waals surface area contributed by atoms with Crippen molar-refractivity contribution in [2.24, 2.45) is 0 Å². The van der Waals surface area contributed by atoms with Crippen molar-refractivity contribution in [2.45, 2.75) is 12.6 Å². The minimum absolute atomic E-state index is 0.0177. The fourth-order valence-corrected chi connectivity index (χ4v) is 3.80. The summed E-state index contributed by atoms with van der Waals surface area (Å²) in [5, 5.41) is 5.49. The number of fused-ring (bicyclic) bond motifs is 4. The number of hydrogen-bond donors (Lipinski definition) is 1. The Hall–Kier alpha value is -2.49. The van der Waals surface area contributed by atoms with Gasteiger partial charge in [0.1, 0.15) is 17.4 Å². The van der Waals surface area contributed by atoms with Crippen LogP contribution in [0.3, 0.4) is 0 Å². The summed E-state index contributed by atoms with van der Waals surface area (Å²) in [6.07, 6.45) is 2.06. The number of nitrogens with zero attached hydrogens (tertiary/aromatic N) is 1. The number of aromatic nitrogens is 1. The number of hydrogen-bond acceptors (Lipinski definition) is 2. The molecule has 0 amide bonds. The Morgan fingerprint density at radius 1 is 1.04 bits per heavy atom. The van der Waals surface area contributed by atoms with Gasteiger partial charge in [0, 0.05) is 23.8 Å². The van der Waals surface area contributed by atoms with Crippen molar-refractivity contribution >= 4 is 22.6 Å². The average molecular weight is 335 g/mol. The molecule has 2 aromatic heterocycles. The van der Waals surface area contributed by atoms with Crippen molar-refractivity contribution in [3.8, 4) is 5.69 Å². The maximum Gasteiger partial charge on any atom is 0.134 e. The van der Waals surface area contributed by atoms with E-state index in [4.69, 9.17) is 16.0 Å². The smallest absolute Gasteiger partial charge is 0.134 e. The van der Waals surface area contributed by atoms with Gasteiger partial charge in [-0.25, -0.2) is 0 Å². The minimum Gasteiger partial charge on any atom is -0.459 e. The van der Waals surface area contributed by atoms with Crippen LogP contribution >= 0.6 is 11.6 Å².